The fraction of sp³-hybridized carbons (Fsp3) is 0.182. The Bertz CT molecular complexity index is 1250. The minimum Gasteiger partial charge on any atom is -0.497 e. The van der Waals surface area contributed by atoms with Crippen molar-refractivity contribution in [2.45, 2.75) is 0 Å². The lowest BCUT2D eigenvalue weighted by Crippen LogP contribution is -2.38. The lowest BCUT2D eigenvalue weighted by Gasteiger charge is -2.25. The van der Waals surface area contributed by atoms with Gasteiger partial charge in [-0.25, -0.2) is 10.8 Å². The highest BCUT2D eigenvalue weighted by atomic mass is 16.5. The van der Waals surface area contributed by atoms with Crippen molar-refractivity contribution in [3.63, 3.8) is 0 Å². The molecular formula is C22H23N7O3. The second-order valence-corrected chi connectivity index (χ2v) is 7.06. The van der Waals surface area contributed by atoms with Crippen LogP contribution in [0.3, 0.4) is 0 Å². The van der Waals surface area contributed by atoms with E-state index in [4.69, 9.17) is 20.3 Å². The van der Waals surface area contributed by atoms with E-state index in [1.807, 2.05) is 43.6 Å². The summed E-state index contributed by atoms with van der Waals surface area (Å²) >= 11 is 0. The van der Waals surface area contributed by atoms with Gasteiger partial charge in [0, 0.05) is 48.4 Å². The summed E-state index contributed by atoms with van der Waals surface area (Å²) in [6, 6.07) is 11.0. The van der Waals surface area contributed by atoms with Gasteiger partial charge >= 0.3 is 0 Å². The van der Waals surface area contributed by atoms with Gasteiger partial charge in [-0.2, -0.15) is 5.10 Å². The smallest absolute Gasteiger partial charge is 0.253 e. The van der Waals surface area contributed by atoms with Gasteiger partial charge in [-0.15, -0.1) is 0 Å². The predicted octanol–water partition coefficient (Wildman–Crippen LogP) is 2.18. The molecule has 3 N–H and O–H groups in total. The average Bonchev–Trinajstić information content (AvgIpc) is 3.27. The molecule has 10 heteroatoms. The number of nitrogens with two attached hydrogens (primary N) is 1. The number of hydrazine groups is 1. The first-order chi connectivity index (χ1) is 15.5. The molecule has 0 atom stereocenters. The number of rotatable bonds is 7. The number of fused-ring (bicyclic) bond motifs is 1. The van der Waals surface area contributed by atoms with Crippen LogP contribution in [-0.2, 0) is 11.8 Å². The number of amides is 1. The van der Waals surface area contributed by atoms with Gasteiger partial charge in [0.1, 0.15) is 18.0 Å². The van der Waals surface area contributed by atoms with E-state index in [-0.39, 0.29) is 12.5 Å². The number of nitrogens with one attached hydrogen (secondary N) is 1. The molecule has 0 aliphatic heterocycles. The number of methoxy groups -OCH3 is 2. The minimum atomic E-state index is -0.359. The Morgan fingerprint density at radius 3 is 2.44 bits per heavy atom. The Morgan fingerprint density at radius 2 is 1.81 bits per heavy atom. The monoisotopic (exact) mass is 433 g/mol. The van der Waals surface area contributed by atoms with Crippen LogP contribution in [-0.4, -0.2) is 46.4 Å². The van der Waals surface area contributed by atoms with Crippen LogP contribution in [0.5, 0.6) is 11.5 Å². The van der Waals surface area contributed by atoms with Crippen LogP contribution >= 0.6 is 0 Å². The second-order valence-electron chi connectivity index (χ2n) is 7.06. The summed E-state index contributed by atoms with van der Waals surface area (Å²) in [5, 5.41) is 4.19. The van der Waals surface area contributed by atoms with Crippen LogP contribution in [0.15, 0.2) is 55.0 Å². The molecule has 2 heterocycles. The van der Waals surface area contributed by atoms with Crippen molar-refractivity contribution in [3.05, 3.63) is 55.0 Å². The number of nitrogens with zero attached hydrogens (tertiary/aromatic N) is 5. The Labute approximate surface area is 184 Å². The van der Waals surface area contributed by atoms with Crippen molar-refractivity contribution in [3.8, 4) is 22.8 Å². The maximum atomic E-state index is 12.2. The molecule has 0 saturated carbocycles. The zero-order valence-electron chi connectivity index (χ0n) is 17.9. The van der Waals surface area contributed by atoms with E-state index in [9.17, 15) is 4.79 Å². The number of benzene rings is 2. The Morgan fingerprint density at radius 1 is 1.06 bits per heavy atom. The van der Waals surface area contributed by atoms with E-state index in [0.717, 1.165) is 16.8 Å². The van der Waals surface area contributed by atoms with Gasteiger partial charge in [-0.3, -0.25) is 19.9 Å². The number of anilines is 2. The largest absolute Gasteiger partial charge is 0.497 e. The molecular weight excluding hydrogens is 410 g/mol. The van der Waals surface area contributed by atoms with E-state index in [0.29, 0.717) is 28.4 Å². The molecule has 4 rings (SSSR count). The van der Waals surface area contributed by atoms with Gasteiger partial charge < -0.3 is 14.4 Å². The number of aryl methyl sites for hydroxylation is 1. The minimum absolute atomic E-state index is 0.0198. The molecule has 0 unspecified atom stereocenters. The zero-order chi connectivity index (χ0) is 22.7. The molecule has 10 nitrogen and oxygen atoms in total. The number of ether oxygens (including phenoxy) is 2. The molecule has 1 amide bonds. The summed E-state index contributed by atoms with van der Waals surface area (Å²) in [4.78, 5) is 23.3. The molecule has 4 aromatic rings. The number of hydrogen-bond acceptors (Lipinski definition) is 8. The fourth-order valence-corrected chi connectivity index (χ4v) is 3.33. The molecule has 2 aromatic heterocycles. The molecule has 2 aromatic carbocycles. The number of carbonyl (C=O) groups excluding carboxylic acids is 1. The van der Waals surface area contributed by atoms with Crippen molar-refractivity contribution in [2.24, 2.45) is 12.9 Å². The summed E-state index contributed by atoms with van der Waals surface area (Å²) in [6.07, 6.45) is 5.33. The molecule has 32 heavy (non-hydrogen) atoms. The predicted molar refractivity (Wildman–Crippen MR) is 121 cm³/mol. The van der Waals surface area contributed by atoms with E-state index >= 15 is 0 Å². The van der Waals surface area contributed by atoms with Crippen molar-refractivity contribution < 1.29 is 14.3 Å². The lowest BCUT2D eigenvalue weighted by molar-refractivity contribution is -0.119. The Balaban J connectivity index is 1.81. The molecule has 0 bridgehead atoms. The maximum Gasteiger partial charge on any atom is 0.253 e. The van der Waals surface area contributed by atoms with Crippen LogP contribution in [0.2, 0.25) is 0 Å². The van der Waals surface area contributed by atoms with Gasteiger partial charge in [0.2, 0.25) is 0 Å². The third-order valence-corrected chi connectivity index (χ3v) is 4.95. The summed E-state index contributed by atoms with van der Waals surface area (Å²) in [5.41, 5.74) is 6.59. The van der Waals surface area contributed by atoms with Crippen LogP contribution in [0, 0.1) is 0 Å². The van der Waals surface area contributed by atoms with Gasteiger partial charge in [-0.1, -0.05) is 0 Å². The summed E-state index contributed by atoms with van der Waals surface area (Å²) < 4.78 is 12.5. The van der Waals surface area contributed by atoms with E-state index < -0.39 is 0 Å². The van der Waals surface area contributed by atoms with Crippen LogP contribution in [0.4, 0.5) is 11.4 Å². The molecule has 0 aliphatic carbocycles. The standard InChI is InChI=1S/C22H23N7O3/c1-28-12-14(10-25-28)21-11-24-19-5-4-15(8-20(19)26-21)29(13-22(30)27-23)16-6-17(31-2)9-18(7-16)32-3/h4-12H,13,23H2,1-3H3,(H,27,30). The van der Waals surface area contributed by atoms with E-state index in [2.05, 4.69) is 15.5 Å². The van der Waals surface area contributed by atoms with Gasteiger partial charge in [0.05, 0.1) is 43.3 Å². The normalized spacial score (nSPS) is 10.8. The molecule has 0 aliphatic rings. The third kappa shape index (κ3) is 4.30. The summed E-state index contributed by atoms with van der Waals surface area (Å²) in [5.74, 6) is 6.19. The molecule has 0 saturated heterocycles. The average molecular weight is 433 g/mol. The highest BCUT2D eigenvalue weighted by Crippen LogP contribution is 2.34. The van der Waals surface area contributed by atoms with E-state index in [1.54, 1.807) is 42.3 Å². The topological polar surface area (TPSA) is 120 Å². The Hall–Kier alpha value is -4.18. The van der Waals surface area contributed by atoms with Crippen molar-refractivity contribution in [2.75, 3.05) is 25.7 Å². The highest BCUT2D eigenvalue weighted by molar-refractivity contribution is 5.87. The van der Waals surface area contributed by atoms with Crippen molar-refractivity contribution in [1.82, 2.24) is 25.2 Å². The zero-order valence-corrected chi connectivity index (χ0v) is 17.9. The molecule has 0 spiro atoms. The third-order valence-electron chi connectivity index (χ3n) is 4.95. The number of carbonyl (C=O) groups is 1. The highest BCUT2D eigenvalue weighted by Gasteiger charge is 2.17. The Kier molecular flexibility index (Phi) is 5.86. The van der Waals surface area contributed by atoms with Gasteiger partial charge in [-0.05, 0) is 18.2 Å². The van der Waals surface area contributed by atoms with Crippen LogP contribution < -0.4 is 25.6 Å². The van der Waals surface area contributed by atoms with Crippen molar-refractivity contribution in [1.29, 1.82) is 0 Å². The number of aromatic nitrogens is 4. The molecule has 164 valence electrons. The second kappa shape index (κ2) is 8.90. The van der Waals surface area contributed by atoms with E-state index in [1.165, 1.54) is 0 Å². The fourth-order valence-electron chi connectivity index (χ4n) is 3.33. The van der Waals surface area contributed by atoms with Crippen LogP contribution in [0.25, 0.3) is 22.3 Å². The lowest BCUT2D eigenvalue weighted by atomic mass is 10.2. The summed E-state index contributed by atoms with van der Waals surface area (Å²) in [7, 11) is 4.99. The molecule has 0 fully saturated rings. The first-order valence-corrected chi connectivity index (χ1v) is 9.76. The molecule has 0 radical (unpaired) electrons. The van der Waals surface area contributed by atoms with Crippen LogP contribution in [0.1, 0.15) is 0 Å². The maximum absolute atomic E-state index is 12.2. The SMILES string of the molecule is COc1cc(OC)cc(N(CC(=O)NN)c2ccc3ncc(-c4cnn(C)c4)nc3c2)c1. The number of hydrogen-bond donors (Lipinski definition) is 2. The quantitative estimate of drug-likeness (QED) is 0.258. The van der Waals surface area contributed by atoms with Gasteiger partial charge in [0.25, 0.3) is 5.91 Å². The van der Waals surface area contributed by atoms with Crippen molar-refractivity contribution >= 4 is 28.3 Å². The first-order valence-electron chi connectivity index (χ1n) is 9.76. The first kappa shape index (κ1) is 21.1. The van der Waals surface area contributed by atoms with Gasteiger partial charge in [0.15, 0.2) is 0 Å². The summed E-state index contributed by atoms with van der Waals surface area (Å²) in [6.45, 7) is -0.0198.